The van der Waals surface area contributed by atoms with E-state index in [1.165, 1.54) is 11.1 Å². The molecule has 2 atom stereocenters. The molecule has 7 heteroatoms. The van der Waals surface area contributed by atoms with Crippen molar-refractivity contribution in [1.29, 1.82) is 0 Å². The normalized spacial score (nSPS) is 18.2. The van der Waals surface area contributed by atoms with Gasteiger partial charge < -0.3 is 20.1 Å². The second-order valence-electron chi connectivity index (χ2n) is 9.54. The second-order valence-corrected chi connectivity index (χ2v) is 9.54. The van der Waals surface area contributed by atoms with Crippen LogP contribution in [0.1, 0.15) is 50.2 Å². The lowest BCUT2D eigenvalue weighted by Crippen LogP contribution is -2.47. The van der Waals surface area contributed by atoms with Crippen molar-refractivity contribution in [2.75, 3.05) is 19.7 Å². The molecule has 2 aromatic rings. The van der Waals surface area contributed by atoms with Gasteiger partial charge in [0.2, 0.25) is 5.91 Å². The number of fused-ring (bicyclic) bond motifs is 3. The SMILES string of the molecule is CC(C)C(CC(=O)N1CCC[C@@H](C(=O)O)C1)NC(=O)OCC1c2ccccc2-c2ccccc21. The lowest BCUT2D eigenvalue weighted by atomic mass is 9.96. The highest BCUT2D eigenvalue weighted by Crippen LogP contribution is 2.44. The van der Waals surface area contributed by atoms with Crippen LogP contribution < -0.4 is 5.32 Å². The standard InChI is InChI=1S/C27H32N2O5/c1-17(2)24(14-25(30)29-13-7-8-18(15-29)26(31)32)28-27(33)34-16-23-21-11-5-3-9-19(21)20-10-4-6-12-22(20)23/h3-6,9-12,17-18,23-24H,7-8,13-16H2,1-2H3,(H,28,33)(H,31,32)/t18-,24?/m1/s1. The van der Waals surface area contributed by atoms with Crippen LogP contribution in [0.15, 0.2) is 48.5 Å². The molecule has 2 N–H and O–H groups in total. The van der Waals surface area contributed by atoms with Gasteiger partial charge in [0, 0.05) is 31.5 Å². The average Bonchev–Trinajstić information content (AvgIpc) is 3.16. The lowest BCUT2D eigenvalue weighted by Gasteiger charge is -2.32. The zero-order valence-electron chi connectivity index (χ0n) is 19.7. The predicted octanol–water partition coefficient (Wildman–Crippen LogP) is 4.26. The molecular weight excluding hydrogens is 432 g/mol. The molecule has 1 aliphatic carbocycles. The number of carbonyl (C=O) groups excluding carboxylic acids is 2. The molecule has 180 valence electrons. The van der Waals surface area contributed by atoms with Crippen LogP contribution in [-0.4, -0.2) is 53.7 Å². The number of alkyl carbamates (subject to hydrolysis) is 1. The van der Waals surface area contributed by atoms with E-state index in [4.69, 9.17) is 4.74 Å². The number of hydrogen-bond donors (Lipinski definition) is 2. The Kier molecular flexibility index (Phi) is 7.20. The highest BCUT2D eigenvalue weighted by Gasteiger charge is 2.32. The van der Waals surface area contributed by atoms with Crippen molar-refractivity contribution in [3.05, 3.63) is 59.7 Å². The van der Waals surface area contributed by atoms with Gasteiger partial charge in [-0.05, 0) is 41.0 Å². The molecule has 4 rings (SSSR count). The number of nitrogens with zero attached hydrogens (tertiary/aromatic N) is 1. The molecule has 2 amide bonds. The first-order valence-electron chi connectivity index (χ1n) is 12.0. The first-order valence-corrected chi connectivity index (χ1v) is 12.0. The summed E-state index contributed by atoms with van der Waals surface area (Å²) < 4.78 is 5.64. The molecule has 0 spiro atoms. The van der Waals surface area contributed by atoms with Crippen LogP contribution in [0.5, 0.6) is 0 Å². The summed E-state index contributed by atoms with van der Waals surface area (Å²) in [6, 6.07) is 15.9. The number of rotatable bonds is 7. The molecule has 0 radical (unpaired) electrons. The Balaban J connectivity index is 1.36. The lowest BCUT2D eigenvalue weighted by molar-refractivity contribution is -0.145. The summed E-state index contributed by atoms with van der Waals surface area (Å²) in [5.41, 5.74) is 4.62. The van der Waals surface area contributed by atoms with E-state index in [0.717, 1.165) is 11.1 Å². The van der Waals surface area contributed by atoms with Crippen molar-refractivity contribution < 1.29 is 24.2 Å². The van der Waals surface area contributed by atoms with E-state index in [-0.39, 0.29) is 37.3 Å². The van der Waals surface area contributed by atoms with Crippen LogP contribution in [0.3, 0.4) is 0 Å². The summed E-state index contributed by atoms with van der Waals surface area (Å²) in [6.45, 7) is 4.88. The molecule has 7 nitrogen and oxygen atoms in total. The Bertz CT molecular complexity index is 1020. The maximum absolute atomic E-state index is 12.8. The third kappa shape index (κ3) is 5.08. The summed E-state index contributed by atoms with van der Waals surface area (Å²) in [7, 11) is 0. The second kappa shape index (κ2) is 10.3. The van der Waals surface area contributed by atoms with E-state index in [2.05, 4.69) is 29.6 Å². The van der Waals surface area contributed by atoms with Gasteiger partial charge in [-0.3, -0.25) is 9.59 Å². The number of ether oxygens (including phenoxy) is 1. The van der Waals surface area contributed by atoms with E-state index in [1.54, 1.807) is 4.90 Å². The van der Waals surface area contributed by atoms with Gasteiger partial charge in [0.15, 0.2) is 0 Å². The minimum atomic E-state index is -0.866. The van der Waals surface area contributed by atoms with Crippen molar-refractivity contribution in [2.45, 2.75) is 45.1 Å². The minimum Gasteiger partial charge on any atom is -0.481 e. The van der Waals surface area contributed by atoms with Crippen molar-refractivity contribution in [3.8, 4) is 11.1 Å². The van der Waals surface area contributed by atoms with Crippen LogP contribution >= 0.6 is 0 Å². The van der Waals surface area contributed by atoms with Gasteiger partial charge in [-0.1, -0.05) is 62.4 Å². The highest BCUT2D eigenvalue weighted by molar-refractivity contribution is 5.80. The summed E-state index contributed by atoms with van der Waals surface area (Å²) in [4.78, 5) is 38.5. The molecule has 1 fully saturated rings. The smallest absolute Gasteiger partial charge is 0.407 e. The highest BCUT2D eigenvalue weighted by atomic mass is 16.5. The Morgan fingerprint density at radius 2 is 1.68 bits per heavy atom. The van der Waals surface area contributed by atoms with Crippen molar-refractivity contribution in [1.82, 2.24) is 10.2 Å². The zero-order chi connectivity index (χ0) is 24.2. The number of likely N-dealkylation sites (tertiary alicyclic amines) is 1. The van der Waals surface area contributed by atoms with Gasteiger partial charge in [0.25, 0.3) is 0 Å². The molecule has 2 aliphatic rings. The van der Waals surface area contributed by atoms with Gasteiger partial charge in [-0.2, -0.15) is 0 Å². The van der Waals surface area contributed by atoms with Gasteiger partial charge >= 0.3 is 12.1 Å². The van der Waals surface area contributed by atoms with Crippen molar-refractivity contribution >= 4 is 18.0 Å². The van der Waals surface area contributed by atoms with Gasteiger partial charge in [0.1, 0.15) is 6.61 Å². The summed E-state index contributed by atoms with van der Waals surface area (Å²) in [5.74, 6) is -1.54. The number of aliphatic carboxylic acids is 1. The molecule has 0 bridgehead atoms. The van der Waals surface area contributed by atoms with Crippen LogP contribution in [0.2, 0.25) is 0 Å². The Labute approximate surface area is 200 Å². The molecule has 1 saturated heterocycles. The van der Waals surface area contributed by atoms with Gasteiger partial charge in [-0.15, -0.1) is 0 Å². The number of amides is 2. The molecule has 1 unspecified atom stereocenters. The molecule has 34 heavy (non-hydrogen) atoms. The minimum absolute atomic E-state index is 0.0180. The fourth-order valence-electron chi connectivity index (χ4n) is 4.97. The van der Waals surface area contributed by atoms with E-state index in [0.29, 0.717) is 19.4 Å². The van der Waals surface area contributed by atoms with E-state index in [1.807, 2.05) is 38.1 Å². The number of nitrogens with one attached hydrogen (secondary N) is 1. The number of hydrogen-bond acceptors (Lipinski definition) is 4. The topological polar surface area (TPSA) is 95.9 Å². The fourth-order valence-corrected chi connectivity index (χ4v) is 4.97. The van der Waals surface area contributed by atoms with Crippen LogP contribution in [0.4, 0.5) is 4.79 Å². The number of carboxylic acids is 1. The van der Waals surface area contributed by atoms with E-state index < -0.39 is 24.0 Å². The van der Waals surface area contributed by atoms with Crippen LogP contribution in [0.25, 0.3) is 11.1 Å². The van der Waals surface area contributed by atoms with Crippen molar-refractivity contribution in [2.24, 2.45) is 11.8 Å². The quantitative estimate of drug-likeness (QED) is 0.638. The number of carbonyl (C=O) groups is 3. The van der Waals surface area contributed by atoms with Gasteiger partial charge in [-0.25, -0.2) is 4.79 Å². The molecule has 1 aliphatic heterocycles. The molecular formula is C27H32N2O5. The summed E-state index contributed by atoms with van der Waals surface area (Å²) in [5, 5.41) is 12.2. The predicted molar refractivity (Wildman–Crippen MR) is 128 cm³/mol. The Hall–Kier alpha value is -3.35. The molecule has 0 saturated carbocycles. The maximum atomic E-state index is 12.8. The number of piperidine rings is 1. The number of benzene rings is 2. The molecule has 2 aromatic carbocycles. The number of carboxylic acid groups (broad SMARTS) is 1. The fraction of sp³-hybridized carbons (Fsp3) is 0.444. The summed E-state index contributed by atoms with van der Waals surface area (Å²) >= 11 is 0. The largest absolute Gasteiger partial charge is 0.481 e. The maximum Gasteiger partial charge on any atom is 0.407 e. The molecule has 0 aromatic heterocycles. The third-order valence-electron chi connectivity index (χ3n) is 6.97. The first-order chi connectivity index (χ1) is 16.3. The van der Waals surface area contributed by atoms with Crippen molar-refractivity contribution in [3.63, 3.8) is 0 Å². The van der Waals surface area contributed by atoms with E-state index >= 15 is 0 Å². The monoisotopic (exact) mass is 464 g/mol. The average molecular weight is 465 g/mol. The van der Waals surface area contributed by atoms with E-state index in [9.17, 15) is 19.5 Å². The van der Waals surface area contributed by atoms with Gasteiger partial charge in [0.05, 0.1) is 5.92 Å². The Morgan fingerprint density at radius 3 is 2.26 bits per heavy atom. The first kappa shape index (κ1) is 23.8. The van der Waals surface area contributed by atoms with Crippen LogP contribution in [-0.2, 0) is 14.3 Å². The summed E-state index contributed by atoms with van der Waals surface area (Å²) in [6.07, 6.45) is 0.837. The van der Waals surface area contributed by atoms with Crippen LogP contribution in [0, 0.1) is 11.8 Å². The Morgan fingerprint density at radius 1 is 1.06 bits per heavy atom. The third-order valence-corrected chi connectivity index (χ3v) is 6.97. The molecule has 1 heterocycles. The zero-order valence-corrected chi connectivity index (χ0v) is 19.7.